The maximum absolute atomic E-state index is 13.9. The van der Waals surface area contributed by atoms with Crippen LogP contribution in [0.1, 0.15) is 17.5 Å². The molecule has 26 heavy (non-hydrogen) atoms. The maximum atomic E-state index is 13.9. The van der Waals surface area contributed by atoms with E-state index in [9.17, 15) is 9.50 Å². The van der Waals surface area contributed by atoms with Gasteiger partial charge in [0.2, 0.25) is 0 Å². The molecular weight excluding hydrogens is 331 g/mol. The van der Waals surface area contributed by atoms with Crippen LogP contribution in [0, 0.1) is 5.82 Å². The molecule has 0 aliphatic carbocycles. The lowest BCUT2D eigenvalue weighted by molar-refractivity contribution is -0.0702. The van der Waals surface area contributed by atoms with Crippen molar-refractivity contribution in [3.63, 3.8) is 0 Å². The van der Waals surface area contributed by atoms with Gasteiger partial charge in [-0.25, -0.2) is 4.39 Å². The van der Waals surface area contributed by atoms with Crippen LogP contribution in [-0.2, 0) is 12.1 Å². The van der Waals surface area contributed by atoms with Crippen LogP contribution in [0.4, 0.5) is 4.39 Å². The van der Waals surface area contributed by atoms with Crippen molar-refractivity contribution in [1.29, 1.82) is 0 Å². The molecule has 0 saturated carbocycles. The molecule has 1 aliphatic rings. The molecule has 3 rings (SSSR count). The number of hydrogen-bond donors (Lipinski definition) is 1. The number of hydrogen-bond acceptors (Lipinski definition) is 4. The second-order valence-corrected chi connectivity index (χ2v) is 7.15. The lowest BCUT2D eigenvalue weighted by atomic mass is 9.77. The van der Waals surface area contributed by atoms with E-state index in [1.807, 2.05) is 38.4 Å². The number of aliphatic hydroxyl groups is 1. The standard InChI is InChI=1S/C21H27FN2O2/c1-23(2)21(17-7-5-4-6-8-17)11-12-24(15-20(21)25)14-16-9-10-19(26-3)18(22)13-16/h4-10,13,20,25H,11-12,14-15H2,1-3H3/t20-,21+/m1/s1. The SMILES string of the molecule is COc1ccc(CN2CC[C@@](c3ccccc3)(N(C)C)[C@H](O)C2)cc1F. The van der Waals surface area contributed by atoms with E-state index in [4.69, 9.17) is 4.74 Å². The van der Waals surface area contributed by atoms with E-state index in [2.05, 4.69) is 21.9 Å². The number of halogens is 1. The molecule has 2 atom stereocenters. The normalized spacial score (nSPS) is 24.0. The molecule has 2 aromatic carbocycles. The number of likely N-dealkylation sites (tertiary alicyclic amines) is 1. The summed E-state index contributed by atoms with van der Waals surface area (Å²) in [6.45, 7) is 1.98. The van der Waals surface area contributed by atoms with Crippen molar-refractivity contribution in [2.45, 2.75) is 24.6 Å². The molecular formula is C21H27FN2O2. The molecule has 0 amide bonds. The number of nitrogens with zero attached hydrogens (tertiary/aromatic N) is 2. The number of aliphatic hydroxyl groups excluding tert-OH is 1. The van der Waals surface area contributed by atoms with Gasteiger partial charge in [-0.05, 0) is 43.8 Å². The molecule has 0 spiro atoms. The zero-order valence-electron chi connectivity index (χ0n) is 15.7. The molecule has 0 unspecified atom stereocenters. The van der Waals surface area contributed by atoms with Crippen molar-refractivity contribution in [3.05, 3.63) is 65.5 Å². The third-order valence-electron chi connectivity index (χ3n) is 5.49. The number of methoxy groups -OCH3 is 1. The van der Waals surface area contributed by atoms with Crippen LogP contribution in [0.5, 0.6) is 5.75 Å². The minimum atomic E-state index is -0.531. The smallest absolute Gasteiger partial charge is 0.165 e. The van der Waals surface area contributed by atoms with E-state index in [0.717, 1.165) is 24.1 Å². The molecule has 0 aromatic heterocycles. The third kappa shape index (κ3) is 3.47. The Morgan fingerprint density at radius 1 is 1.23 bits per heavy atom. The van der Waals surface area contributed by atoms with Crippen LogP contribution in [0.15, 0.2) is 48.5 Å². The van der Waals surface area contributed by atoms with E-state index in [0.29, 0.717) is 13.1 Å². The second kappa shape index (κ2) is 7.74. The topological polar surface area (TPSA) is 35.9 Å². The summed E-state index contributed by atoms with van der Waals surface area (Å²) in [4.78, 5) is 4.30. The van der Waals surface area contributed by atoms with E-state index in [1.54, 1.807) is 6.07 Å². The Morgan fingerprint density at radius 3 is 2.54 bits per heavy atom. The van der Waals surface area contributed by atoms with Crippen LogP contribution < -0.4 is 4.74 Å². The minimum Gasteiger partial charge on any atom is -0.494 e. The first-order valence-corrected chi connectivity index (χ1v) is 8.93. The Balaban J connectivity index is 1.76. The predicted molar refractivity (Wildman–Crippen MR) is 101 cm³/mol. The quantitative estimate of drug-likeness (QED) is 0.892. The van der Waals surface area contributed by atoms with Gasteiger partial charge in [-0.3, -0.25) is 9.80 Å². The van der Waals surface area contributed by atoms with E-state index in [-0.39, 0.29) is 11.6 Å². The molecule has 0 radical (unpaired) electrons. The molecule has 1 fully saturated rings. The fourth-order valence-electron chi connectivity index (χ4n) is 4.04. The molecule has 4 nitrogen and oxygen atoms in total. The lowest BCUT2D eigenvalue weighted by Crippen LogP contribution is -2.59. The highest BCUT2D eigenvalue weighted by Gasteiger charge is 2.45. The monoisotopic (exact) mass is 358 g/mol. The first-order chi connectivity index (χ1) is 12.5. The molecule has 140 valence electrons. The Kier molecular flexibility index (Phi) is 5.61. The van der Waals surface area contributed by atoms with Crippen molar-refractivity contribution in [3.8, 4) is 5.75 Å². The van der Waals surface area contributed by atoms with Gasteiger partial charge in [0, 0.05) is 19.6 Å². The number of piperidine rings is 1. The summed E-state index contributed by atoms with van der Waals surface area (Å²) in [5.41, 5.74) is 1.61. The molecule has 1 aliphatic heterocycles. The summed E-state index contributed by atoms with van der Waals surface area (Å²) >= 11 is 0. The molecule has 1 saturated heterocycles. The maximum Gasteiger partial charge on any atom is 0.165 e. The molecule has 2 aromatic rings. The van der Waals surface area contributed by atoms with Gasteiger partial charge in [-0.2, -0.15) is 0 Å². The van der Waals surface area contributed by atoms with Gasteiger partial charge in [0.05, 0.1) is 18.8 Å². The minimum absolute atomic E-state index is 0.253. The molecule has 1 heterocycles. The Morgan fingerprint density at radius 2 is 1.96 bits per heavy atom. The highest BCUT2D eigenvalue weighted by Crippen LogP contribution is 2.38. The average Bonchev–Trinajstić information content (AvgIpc) is 2.63. The summed E-state index contributed by atoms with van der Waals surface area (Å²) in [5, 5.41) is 11.1. The third-order valence-corrected chi connectivity index (χ3v) is 5.49. The van der Waals surface area contributed by atoms with Crippen LogP contribution in [0.25, 0.3) is 0 Å². The zero-order chi connectivity index (χ0) is 18.7. The highest BCUT2D eigenvalue weighted by atomic mass is 19.1. The first-order valence-electron chi connectivity index (χ1n) is 8.93. The number of likely N-dealkylation sites (N-methyl/N-ethyl adjacent to an activating group) is 1. The fourth-order valence-corrected chi connectivity index (χ4v) is 4.04. The fraction of sp³-hybridized carbons (Fsp3) is 0.429. The van der Waals surface area contributed by atoms with Crippen LogP contribution >= 0.6 is 0 Å². The highest BCUT2D eigenvalue weighted by molar-refractivity contribution is 5.30. The summed E-state index contributed by atoms with van der Waals surface area (Å²) in [6.07, 6.45) is 0.279. The van der Waals surface area contributed by atoms with E-state index < -0.39 is 11.6 Å². The van der Waals surface area contributed by atoms with Gasteiger partial charge in [0.25, 0.3) is 0 Å². The van der Waals surface area contributed by atoms with Gasteiger partial charge < -0.3 is 9.84 Å². The van der Waals surface area contributed by atoms with Gasteiger partial charge in [-0.15, -0.1) is 0 Å². The summed E-state index contributed by atoms with van der Waals surface area (Å²) in [6, 6.07) is 15.2. The van der Waals surface area contributed by atoms with Crippen molar-refractivity contribution in [2.24, 2.45) is 0 Å². The van der Waals surface area contributed by atoms with E-state index in [1.165, 1.54) is 13.2 Å². The van der Waals surface area contributed by atoms with Gasteiger partial charge in [0.15, 0.2) is 11.6 Å². The molecule has 5 heteroatoms. The van der Waals surface area contributed by atoms with Crippen LogP contribution in [-0.4, -0.2) is 55.3 Å². The number of rotatable bonds is 5. The number of ether oxygens (including phenoxy) is 1. The van der Waals surface area contributed by atoms with Crippen molar-refractivity contribution < 1.29 is 14.2 Å². The summed E-state index contributed by atoms with van der Waals surface area (Å²) < 4.78 is 18.9. The zero-order valence-corrected chi connectivity index (χ0v) is 15.7. The van der Waals surface area contributed by atoms with Gasteiger partial charge in [-0.1, -0.05) is 36.4 Å². The molecule has 0 bridgehead atoms. The van der Waals surface area contributed by atoms with Gasteiger partial charge in [0.1, 0.15) is 0 Å². The van der Waals surface area contributed by atoms with Crippen molar-refractivity contribution >= 4 is 0 Å². The second-order valence-electron chi connectivity index (χ2n) is 7.15. The predicted octanol–water partition coefficient (Wildman–Crippen LogP) is 2.86. The number of benzene rings is 2. The van der Waals surface area contributed by atoms with Crippen LogP contribution in [0.3, 0.4) is 0 Å². The largest absolute Gasteiger partial charge is 0.494 e. The average molecular weight is 358 g/mol. The first kappa shape index (κ1) is 18.8. The van der Waals surface area contributed by atoms with Gasteiger partial charge >= 0.3 is 0 Å². The molecule has 1 N–H and O–H groups in total. The van der Waals surface area contributed by atoms with E-state index >= 15 is 0 Å². The van der Waals surface area contributed by atoms with Crippen molar-refractivity contribution in [2.75, 3.05) is 34.3 Å². The Bertz CT molecular complexity index is 738. The summed E-state index contributed by atoms with van der Waals surface area (Å²) in [7, 11) is 5.50. The number of β-amino-alcohol motifs (C(OH)–C–C–N with tert-alkyl or cyclic N) is 1. The Labute approximate surface area is 154 Å². The Hall–Kier alpha value is -1.95. The lowest BCUT2D eigenvalue weighted by Gasteiger charge is -2.50. The van der Waals surface area contributed by atoms with Crippen molar-refractivity contribution in [1.82, 2.24) is 9.80 Å². The van der Waals surface area contributed by atoms with Crippen LogP contribution in [0.2, 0.25) is 0 Å². The summed E-state index contributed by atoms with van der Waals surface area (Å²) in [5.74, 6) is -0.0994.